The maximum Gasteiger partial charge on any atom is 0.244 e. The average molecular weight is 341 g/mol. The first-order valence-corrected chi connectivity index (χ1v) is 8.39. The number of nitrogens with zero attached hydrogens (tertiary/aromatic N) is 1. The number of hydrogen-bond acceptors (Lipinski definition) is 2. The minimum Gasteiger partial charge on any atom is -0.353 e. The average Bonchev–Trinajstić information content (AvgIpc) is 2.48. The van der Waals surface area contributed by atoms with E-state index in [2.05, 4.69) is 17.3 Å². The Balaban J connectivity index is 1.72. The zero-order valence-corrected chi connectivity index (χ0v) is 14.3. The van der Waals surface area contributed by atoms with Crippen LogP contribution in [0.3, 0.4) is 0 Å². The number of carbonyl (C=O) groups excluding carboxylic acids is 1. The summed E-state index contributed by atoms with van der Waals surface area (Å²) in [7, 11) is 2.16. The fourth-order valence-electron chi connectivity index (χ4n) is 2.61. The Kier molecular flexibility index (Phi) is 6.74. The Morgan fingerprint density at radius 3 is 2.77 bits per heavy atom. The number of benzene rings is 1. The van der Waals surface area contributed by atoms with Crippen molar-refractivity contribution in [3.05, 3.63) is 39.9 Å². The van der Waals surface area contributed by atoms with Crippen LogP contribution in [0, 0.1) is 5.92 Å². The van der Waals surface area contributed by atoms with Crippen molar-refractivity contribution in [1.82, 2.24) is 10.2 Å². The lowest BCUT2D eigenvalue weighted by atomic mass is 9.94. The van der Waals surface area contributed by atoms with Gasteiger partial charge in [-0.1, -0.05) is 29.3 Å². The highest BCUT2D eigenvalue weighted by Crippen LogP contribution is 2.22. The number of halogens is 2. The fourth-order valence-corrected chi connectivity index (χ4v) is 3.08. The minimum atomic E-state index is -0.0843. The van der Waals surface area contributed by atoms with Gasteiger partial charge in [0.2, 0.25) is 5.91 Å². The highest BCUT2D eigenvalue weighted by atomic mass is 35.5. The molecule has 0 atom stereocenters. The van der Waals surface area contributed by atoms with Crippen LogP contribution < -0.4 is 5.32 Å². The molecule has 1 N–H and O–H groups in total. The van der Waals surface area contributed by atoms with Crippen molar-refractivity contribution in [2.45, 2.75) is 19.3 Å². The third-order valence-corrected chi connectivity index (χ3v) is 4.63. The number of piperidine rings is 1. The van der Waals surface area contributed by atoms with E-state index in [0.717, 1.165) is 37.5 Å². The number of hydrogen-bond donors (Lipinski definition) is 1. The molecule has 1 fully saturated rings. The zero-order valence-electron chi connectivity index (χ0n) is 12.8. The van der Waals surface area contributed by atoms with E-state index in [0.29, 0.717) is 10.0 Å². The molecule has 1 aliphatic heterocycles. The molecule has 1 aliphatic rings. The molecule has 22 heavy (non-hydrogen) atoms. The first kappa shape index (κ1) is 17.3. The van der Waals surface area contributed by atoms with Gasteiger partial charge in [0.1, 0.15) is 0 Å². The molecule has 0 radical (unpaired) electrons. The Bertz CT molecular complexity index is 537. The van der Waals surface area contributed by atoms with Gasteiger partial charge in [0.25, 0.3) is 0 Å². The first-order valence-electron chi connectivity index (χ1n) is 7.64. The summed E-state index contributed by atoms with van der Waals surface area (Å²) in [6.07, 6.45) is 6.73. The minimum absolute atomic E-state index is 0.0843. The maximum atomic E-state index is 11.8. The van der Waals surface area contributed by atoms with E-state index in [1.54, 1.807) is 24.3 Å². The summed E-state index contributed by atoms with van der Waals surface area (Å²) < 4.78 is 0. The van der Waals surface area contributed by atoms with Crippen LogP contribution in [0.4, 0.5) is 0 Å². The maximum absolute atomic E-state index is 11.8. The Morgan fingerprint density at radius 1 is 1.36 bits per heavy atom. The first-order chi connectivity index (χ1) is 10.5. The molecule has 1 saturated heterocycles. The monoisotopic (exact) mass is 340 g/mol. The lowest BCUT2D eigenvalue weighted by molar-refractivity contribution is -0.116. The van der Waals surface area contributed by atoms with Crippen LogP contribution >= 0.6 is 23.2 Å². The third kappa shape index (κ3) is 5.64. The Labute approximate surface area is 142 Å². The van der Waals surface area contributed by atoms with E-state index >= 15 is 0 Å². The summed E-state index contributed by atoms with van der Waals surface area (Å²) in [4.78, 5) is 14.2. The summed E-state index contributed by atoms with van der Waals surface area (Å²) in [5.41, 5.74) is 0.788. The van der Waals surface area contributed by atoms with E-state index < -0.39 is 0 Å². The van der Waals surface area contributed by atoms with E-state index in [-0.39, 0.29) is 5.91 Å². The molecule has 120 valence electrons. The molecule has 0 unspecified atom stereocenters. The lowest BCUT2D eigenvalue weighted by Crippen LogP contribution is -2.32. The second-order valence-corrected chi connectivity index (χ2v) is 6.67. The molecule has 1 amide bonds. The van der Waals surface area contributed by atoms with Gasteiger partial charge in [0.05, 0.1) is 0 Å². The standard InChI is InChI=1S/C17H22Cl2N2O/c1-21-10-7-13(8-11-21)6-9-20-17(22)5-3-14-2-4-15(18)12-16(14)19/h2-5,12-13H,6-11H2,1H3,(H,20,22)/b5-3+. The summed E-state index contributed by atoms with van der Waals surface area (Å²) in [6, 6.07) is 5.22. The number of amides is 1. The summed E-state index contributed by atoms with van der Waals surface area (Å²) in [6.45, 7) is 3.05. The SMILES string of the molecule is CN1CCC(CCNC(=O)/C=C/c2ccc(Cl)cc2Cl)CC1. The molecule has 0 aliphatic carbocycles. The summed E-state index contributed by atoms with van der Waals surface area (Å²) in [5, 5.41) is 4.07. The summed E-state index contributed by atoms with van der Waals surface area (Å²) >= 11 is 11.9. The smallest absolute Gasteiger partial charge is 0.244 e. The second kappa shape index (κ2) is 8.56. The molecular formula is C17H22Cl2N2O. The van der Waals surface area contributed by atoms with Crippen molar-refractivity contribution in [2.24, 2.45) is 5.92 Å². The van der Waals surface area contributed by atoms with Gasteiger partial charge in [-0.25, -0.2) is 0 Å². The van der Waals surface area contributed by atoms with Gasteiger partial charge in [-0.3, -0.25) is 4.79 Å². The van der Waals surface area contributed by atoms with Crippen LogP contribution in [0.15, 0.2) is 24.3 Å². The number of nitrogens with one attached hydrogen (secondary N) is 1. The predicted molar refractivity (Wildman–Crippen MR) is 93.3 cm³/mol. The zero-order chi connectivity index (χ0) is 15.9. The molecule has 5 heteroatoms. The highest BCUT2D eigenvalue weighted by molar-refractivity contribution is 6.35. The second-order valence-electron chi connectivity index (χ2n) is 5.83. The Hall–Kier alpha value is -1.03. The van der Waals surface area contributed by atoms with Crippen LogP contribution in [0.1, 0.15) is 24.8 Å². The topological polar surface area (TPSA) is 32.3 Å². The van der Waals surface area contributed by atoms with Gasteiger partial charge >= 0.3 is 0 Å². The fraction of sp³-hybridized carbons (Fsp3) is 0.471. The van der Waals surface area contributed by atoms with E-state index in [4.69, 9.17) is 23.2 Å². The molecule has 1 aromatic rings. The molecule has 1 heterocycles. The number of rotatable bonds is 5. The summed E-state index contributed by atoms with van der Waals surface area (Å²) in [5.74, 6) is 0.644. The molecule has 3 nitrogen and oxygen atoms in total. The molecule has 0 aromatic heterocycles. The van der Waals surface area contributed by atoms with Crippen molar-refractivity contribution >= 4 is 35.2 Å². The number of likely N-dealkylation sites (tertiary alicyclic amines) is 1. The van der Waals surface area contributed by atoms with Crippen LogP contribution in [-0.4, -0.2) is 37.5 Å². The van der Waals surface area contributed by atoms with Gasteiger partial charge in [0, 0.05) is 22.7 Å². The Morgan fingerprint density at radius 2 is 2.09 bits per heavy atom. The normalized spacial score (nSPS) is 17.0. The van der Waals surface area contributed by atoms with Gasteiger partial charge in [-0.05, 0) is 69.1 Å². The molecular weight excluding hydrogens is 319 g/mol. The number of carbonyl (C=O) groups is 1. The third-order valence-electron chi connectivity index (χ3n) is 4.07. The molecule has 0 spiro atoms. The molecule has 2 rings (SSSR count). The van der Waals surface area contributed by atoms with Crippen molar-refractivity contribution in [3.8, 4) is 0 Å². The van der Waals surface area contributed by atoms with Gasteiger partial charge in [0.15, 0.2) is 0 Å². The van der Waals surface area contributed by atoms with Crippen molar-refractivity contribution in [1.29, 1.82) is 0 Å². The van der Waals surface area contributed by atoms with Crippen LogP contribution in [0.5, 0.6) is 0 Å². The van der Waals surface area contributed by atoms with E-state index in [1.165, 1.54) is 18.9 Å². The van der Waals surface area contributed by atoms with E-state index in [9.17, 15) is 4.79 Å². The molecule has 1 aromatic carbocycles. The largest absolute Gasteiger partial charge is 0.353 e. The van der Waals surface area contributed by atoms with Gasteiger partial charge in [-0.15, -0.1) is 0 Å². The predicted octanol–water partition coefficient (Wildman–Crippen LogP) is 3.85. The van der Waals surface area contributed by atoms with Gasteiger partial charge < -0.3 is 10.2 Å². The quantitative estimate of drug-likeness (QED) is 0.825. The van der Waals surface area contributed by atoms with E-state index in [1.807, 2.05) is 0 Å². The van der Waals surface area contributed by atoms with Crippen LogP contribution in [0.25, 0.3) is 6.08 Å². The van der Waals surface area contributed by atoms with Crippen LogP contribution in [0.2, 0.25) is 10.0 Å². The van der Waals surface area contributed by atoms with Crippen molar-refractivity contribution in [2.75, 3.05) is 26.7 Å². The van der Waals surface area contributed by atoms with Crippen molar-refractivity contribution in [3.63, 3.8) is 0 Å². The lowest BCUT2D eigenvalue weighted by Gasteiger charge is -2.28. The van der Waals surface area contributed by atoms with Crippen LogP contribution in [-0.2, 0) is 4.79 Å². The molecule has 0 bridgehead atoms. The highest BCUT2D eigenvalue weighted by Gasteiger charge is 2.16. The molecule has 0 saturated carbocycles. The van der Waals surface area contributed by atoms with Gasteiger partial charge in [-0.2, -0.15) is 0 Å². The van der Waals surface area contributed by atoms with Crippen molar-refractivity contribution < 1.29 is 4.79 Å².